The van der Waals surface area contributed by atoms with E-state index in [2.05, 4.69) is 15.7 Å². The molecule has 9 heteroatoms. The van der Waals surface area contributed by atoms with Gasteiger partial charge in [-0.05, 0) is 51.6 Å². The summed E-state index contributed by atoms with van der Waals surface area (Å²) in [6.45, 7) is 7.31. The van der Waals surface area contributed by atoms with E-state index in [9.17, 15) is 9.59 Å². The number of aromatic nitrogens is 2. The summed E-state index contributed by atoms with van der Waals surface area (Å²) in [5.41, 5.74) is 7.56. The van der Waals surface area contributed by atoms with Gasteiger partial charge in [-0.2, -0.15) is 0 Å². The van der Waals surface area contributed by atoms with Gasteiger partial charge in [0.05, 0.1) is 40.7 Å². The lowest BCUT2D eigenvalue weighted by Crippen LogP contribution is -2.34. The van der Waals surface area contributed by atoms with E-state index >= 15 is 0 Å². The Morgan fingerprint density at radius 1 is 1.00 bits per heavy atom. The molecule has 198 valence electrons. The SMILES string of the molecule is CSc1ncc(C2C(C(=O)OCc3ccccc3)=C(C)NC(C)=C2C(=O)OC(C)C)n1Nc1ccccc1. The fraction of sp³-hybridized carbons (Fsp3) is 0.276. The number of thioether (sulfide) groups is 1. The third-order valence-electron chi connectivity index (χ3n) is 6.01. The molecule has 8 nitrogen and oxygen atoms in total. The van der Waals surface area contributed by atoms with Gasteiger partial charge in [0.2, 0.25) is 0 Å². The number of hydrogen-bond donors (Lipinski definition) is 2. The highest BCUT2D eigenvalue weighted by atomic mass is 32.2. The zero-order chi connectivity index (χ0) is 27.2. The maximum Gasteiger partial charge on any atom is 0.337 e. The average molecular weight is 533 g/mol. The largest absolute Gasteiger partial charge is 0.460 e. The summed E-state index contributed by atoms with van der Waals surface area (Å²) in [5.74, 6) is -1.81. The minimum Gasteiger partial charge on any atom is -0.460 e. The van der Waals surface area contributed by atoms with Crippen molar-refractivity contribution in [3.63, 3.8) is 0 Å². The van der Waals surface area contributed by atoms with E-state index in [1.165, 1.54) is 11.8 Å². The van der Waals surface area contributed by atoms with Crippen molar-refractivity contribution in [1.29, 1.82) is 0 Å². The molecule has 0 amide bonds. The third kappa shape index (κ3) is 5.94. The van der Waals surface area contributed by atoms with E-state index in [1.54, 1.807) is 33.9 Å². The number of rotatable bonds is 9. The first-order valence-corrected chi connectivity index (χ1v) is 13.6. The molecule has 0 spiro atoms. The normalized spacial score (nSPS) is 15.4. The molecule has 2 heterocycles. The molecule has 2 aromatic carbocycles. The molecule has 0 radical (unpaired) electrons. The third-order valence-corrected chi connectivity index (χ3v) is 6.66. The van der Waals surface area contributed by atoms with E-state index in [1.807, 2.05) is 71.6 Å². The lowest BCUT2D eigenvalue weighted by atomic mass is 9.83. The molecule has 1 aliphatic heterocycles. The Bertz CT molecular complexity index is 1360. The molecule has 4 rings (SSSR count). The van der Waals surface area contributed by atoms with E-state index < -0.39 is 17.9 Å². The van der Waals surface area contributed by atoms with Gasteiger partial charge in [-0.1, -0.05) is 60.3 Å². The maximum atomic E-state index is 13.7. The first-order valence-electron chi connectivity index (χ1n) is 12.3. The summed E-state index contributed by atoms with van der Waals surface area (Å²) in [6, 6.07) is 19.1. The number of imidazole rings is 1. The van der Waals surface area contributed by atoms with E-state index in [-0.39, 0.29) is 12.7 Å². The predicted molar refractivity (Wildman–Crippen MR) is 148 cm³/mol. The zero-order valence-corrected chi connectivity index (χ0v) is 23.0. The standard InChI is InChI=1S/C29H32N4O4S/c1-18(2)37-28(35)25-20(4)31-19(3)24(27(34)36-17-21-12-8-6-9-13-21)26(25)23-16-30-29(38-5)33(23)32-22-14-10-7-11-15-22/h6-16,18,26,31-32H,17H2,1-5H3. The molecule has 0 saturated carbocycles. The number of carbonyl (C=O) groups excluding carboxylic acids is 2. The zero-order valence-electron chi connectivity index (χ0n) is 22.1. The summed E-state index contributed by atoms with van der Waals surface area (Å²) in [4.78, 5) is 31.7. The van der Waals surface area contributed by atoms with Crippen LogP contribution in [-0.2, 0) is 25.7 Å². The molecule has 2 N–H and O–H groups in total. The maximum absolute atomic E-state index is 13.7. The Morgan fingerprint density at radius 2 is 1.61 bits per heavy atom. The molecule has 0 aliphatic carbocycles. The molecule has 0 fully saturated rings. The Morgan fingerprint density at radius 3 is 2.21 bits per heavy atom. The minimum atomic E-state index is -0.782. The Hall–Kier alpha value is -3.98. The van der Waals surface area contributed by atoms with Crippen LogP contribution in [0.2, 0.25) is 0 Å². The average Bonchev–Trinajstić information content (AvgIpc) is 3.29. The Balaban J connectivity index is 1.81. The second kappa shape index (κ2) is 12.0. The smallest absolute Gasteiger partial charge is 0.337 e. The number of carbonyl (C=O) groups is 2. The first kappa shape index (κ1) is 27.1. The molecule has 1 atom stereocenters. The Labute approximate surface area is 227 Å². The van der Waals surface area contributed by atoms with Gasteiger partial charge >= 0.3 is 11.9 Å². The van der Waals surface area contributed by atoms with Crippen LogP contribution in [0.25, 0.3) is 0 Å². The molecule has 3 aromatic rings. The van der Waals surface area contributed by atoms with Crippen molar-refractivity contribution in [3.05, 3.63) is 101 Å². The number of ether oxygens (including phenoxy) is 2. The van der Waals surface area contributed by atoms with Crippen LogP contribution in [0.1, 0.15) is 44.9 Å². The van der Waals surface area contributed by atoms with Gasteiger partial charge in [0.15, 0.2) is 5.16 Å². The fourth-order valence-corrected chi connectivity index (χ4v) is 4.85. The van der Waals surface area contributed by atoms with Crippen molar-refractivity contribution in [2.45, 2.75) is 51.5 Å². The van der Waals surface area contributed by atoms with Gasteiger partial charge in [0.1, 0.15) is 6.61 Å². The van der Waals surface area contributed by atoms with Crippen molar-refractivity contribution >= 4 is 29.4 Å². The summed E-state index contributed by atoms with van der Waals surface area (Å²) < 4.78 is 13.2. The second-order valence-electron chi connectivity index (χ2n) is 9.13. The first-order chi connectivity index (χ1) is 18.3. The van der Waals surface area contributed by atoms with Gasteiger partial charge in [-0.15, -0.1) is 0 Å². The van der Waals surface area contributed by atoms with Crippen molar-refractivity contribution in [2.75, 3.05) is 11.7 Å². The van der Waals surface area contributed by atoms with Crippen molar-refractivity contribution in [1.82, 2.24) is 15.0 Å². The molecule has 1 aromatic heterocycles. The highest BCUT2D eigenvalue weighted by molar-refractivity contribution is 7.98. The lowest BCUT2D eigenvalue weighted by Gasteiger charge is -2.31. The number of hydrogen-bond acceptors (Lipinski definition) is 8. The molecular formula is C29H32N4O4S. The van der Waals surface area contributed by atoms with Crippen molar-refractivity contribution in [3.8, 4) is 0 Å². The van der Waals surface area contributed by atoms with Crippen LogP contribution in [-0.4, -0.2) is 34.0 Å². The molecule has 0 saturated heterocycles. The monoisotopic (exact) mass is 532 g/mol. The summed E-state index contributed by atoms with van der Waals surface area (Å²) in [5, 5.41) is 3.88. The number of dihydropyridines is 1. The molecule has 1 unspecified atom stereocenters. The molecular weight excluding hydrogens is 500 g/mol. The van der Waals surface area contributed by atoms with Crippen LogP contribution in [0.4, 0.5) is 5.69 Å². The second-order valence-corrected chi connectivity index (χ2v) is 9.91. The van der Waals surface area contributed by atoms with Gasteiger partial charge in [-0.25, -0.2) is 19.2 Å². The van der Waals surface area contributed by atoms with Crippen molar-refractivity contribution < 1.29 is 19.1 Å². The van der Waals surface area contributed by atoms with Crippen LogP contribution in [0.15, 0.2) is 94.6 Å². The van der Waals surface area contributed by atoms with E-state index in [0.717, 1.165) is 11.3 Å². The van der Waals surface area contributed by atoms with Gasteiger partial charge in [0.25, 0.3) is 0 Å². The summed E-state index contributed by atoms with van der Waals surface area (Å²) >= 11 is 1.45. The van der Waals surface area contributed by atoms with E-state index in [4.69, 9.17) is 9.47 Å². The van der Waals surface area contributed by atoms with Gasteiger partial charge in [0, 0.05) is 11.4 Å². The number of nitrogens with zero attached hydrogens (tertiary/aromatic N) is 2. The molecule has 0 bridgehead atoms. The van der Waals surface area contributed by atoms with Crippen LogP contribution < -0.4 is 10.7 Å². The number of esters is 2. The van der Waals surface area contributed by atoms with Crippen molar-refractivity contribution in [2.24, 2.45) is 0 Å². The highest BCUT2D eigenvalue weighted by Gasteiger charge is 2.40. The lowest BCUT2D eigenvalue weighted by molar-refractivity contribution is -0.143. The molecule has 38 heavy (non-hydrogen) atoms. The number of benzene rings is 2. The predicted octanol–water partition coefficient (Wildman–Crippen LogP) is 5.41. The van der Waals surface area contributed by atoms with Gasteiger partial charge in [-0.3, -0.25) is 5.43 Å². The fourth-order valence-electron chi connectivity index (χ4n) is 4.36. The van der Waals surface area contributed by atoms with Crippen LogP contribution in [0, 0.1) is 0 Å². The summed E-state index contributed by atoms with van der Waals surface area (Å²) in [6.07, 6.45) is 3.27. The number of para-hydroxylation sites is 1. The van der Waals surface area contributed by atoms with E-state index in [0.29, 0.717) is 33.4 Å². The quantitative estimate of drug-likeness (QED) is 0.279. The number of anilines is 1. The van der Waals surface area contributed by atoms with Crippen LogP contribution in [0.5, 0.6) is 0 Å². The van der Waals surface area contributed by atoms with Crippen LogP contribution >= 0.6 is 11.8 Å². The highest BCUT2D eigenvalue weighted by Crippen LogP contribution is 2.40. The minimum absolute atomic E-state index is 0.106. The molecule has 1 aliphatic rings. The van der Waals surface area contributed by atoms with Gasteiger partial charge < -0.3 is 14.8 Å². The number of allylic oxidation sites excluding steroid dienone is 2. The summed E-state index contributed by atoms with van der Waals surface area (Å²) in [7, 11) is 0. The number of nitrogens with one attached hydrogen (secondary N) is 2. The topological polar surface area (TPSA) is 94.5 Å². The Kier molecular flexibility index (Phi) is 8.58. The van der Waals surface area contributed by atoms with Crippen LogP contribution in [0.3, 0.4) is 0 Å².